The molecule has 2 amide bonds. The Kier molecular flexibility index (Phi) is 7.68. The smallest absolute Gasteiger partial charge is 0.224 e. The third-order valence-electron chi connectivity index (χ3n) is 4.14. The normalized spacial score (nSPS) is 11.5. The molecule has 0 aliphatic heterocycles. The molecule has 2 rings (SSSR count). The van der Waals surface area contributed by atoms with Crippen molar-refractivity contribution in [1.82, 2.24) is 10.6 Å². The standard InChI is InChI=1S/C21H26N2O3/c1-3-19(17-9-11-18(26-2)12-10-17)23-20(24)13-14-22-21(25)15-16-7-5-4-6-8-16/h4-12,19H,3,13-15H2,1-2H3,(H,22,25)(H,23,24). The van der Waals surface area contributed by atoms with Crippen molar-refractivity contribution in [2.75, 3.05) is 13.7 Å². The molecule has 1 unspecified atom stereocenters. The van der Waals surface area contributed by atoms with Gasteiger partial charge >= 0.3 is 0 Å². The van der Waals surface area contributed by atoms with E-state index in [2.05, 4.69) is 10.6 Å². The van der Waals surface area contributed by atoms with E-state index in [1.165, 1.54) is 0 Å². The second-order valence-electron chi connectivity index (χ2n) is 6.06. The number of benzene rings is 2. The molecule has 0 spiro atoms. The summed E-state index contributed by atoms with van der Waals surface area (Å²) in [5, 5.41) is 5.80. The summed E-state index contributed by atoms with van der Waals surface area (Å²) in [7, 11) is 1.63. The number of hydrogen-bond donors (Lipinski definition) is 2. The first-order valence-corrected chi connectivity index (χ1v) is 8.86. The van der Waals surface area contributed by atoms with Crippen molar-refractivity contribution in [1.29, 1.82) is 0 Å². The first-order chi connectivity index (χ1) is 12.6. The van der Waals surface area contributed by atoms with Gasteiger partial charge in [-0.05, 0) is 29.7 Å². The molecular formula is C21H26N2O3. The summed E-state index contributed by atoms with van der Waals surface area (Å²) in [4.78, 5) is 24.1. The lowest BCUT2D eigenvalue weighted by atomic mass is 10.0. The van der Waals surface area contributed by atoms with E-state index in [9.17, 15) is 9.59 Å². The Balaban J connectivity index is 1.75. The third-order valence-corrected chi connectivity index (χ3v) is 4.14. The second kappa shape index (κ2) is 10.2. The molecule has 2 aromatic carbocycles. The summed E-state index contributed by atoms with van der Waals surface area (Å²) in [5.41, 5.74) is 2.00. The largest absolute Gasteiger partial charge is 0.497 e. The number of nitrogens with one attached hydrogen (secondary N) is 2. The molecule has 2 aromatic rings. The number of rotatable bonds is 9. The van der Waals surface area contributed by atoms with E-state index in [0.29, 0.717) is 13.0 Å². The minimum atomic E-state index is -0.0776. The fraction of sp³-hybridized carbons (Fsp3) is 0.333. The number of carbonyl (C=O) groups excluding carboxylic acids is 2. The number of amides is 2. The van der Waals surface area contributed by atoms with Crippen LogP contribution in [0.15, 0.2) is 54.6 Å². The summed E-state index contributed by atoms with van der Waals surface area (Å²) in [6, 6.07) is 17.2. The van der Waals surface area contributed by atoms with Crippen molar-refractivity contribution in [2.24, 2.45) is 0 Å². The van der Waals surface area contributed by atoms with Crippen LogP contribution in [0.3, 0.4) is 0 Å². The molecule has 0 heterocycles. The van der Waals surface area contributed by atoms with Gasteiger partial charge in [-0.25, -0.2) is 0 Å². The van der Waals surface area contributed by atoms with Crippen LogP contribution in [0.4, 0.5) is 0 Å². The highest BCUT2D eigenvalue weighted by molar-refractivity contribution is 5.80. The zero-order valence-corrected chi connectivity index (χ0v) is 15.3. The van der Waals surface area contributed by atoms with Gasteiger partial charge < -0.3 is 15.4 Å². The molecule has 0 aromatic heterocycles. The molecule has 0 saturated carbocycles. The maximum absolute atomic E-state index is 12.2. The highest BCUT2D eigenvalue weighted by atomic mass is 16.5. The fourth-order valence-electron chi connectivity index (χ4n) is 2.68. The number of ether oxygens (including phenoxy) is 1. The molecule has 5 nitrogen and oxygen atoms in total. The van der Waals surface area contributed by atoms with Gasteiger partial charge in [-0.15, -0.1) is 0 Å². The van der Waals surface area contributed by atoms with Crippen LogP contribution >= 0.6 is 0 Å². The number of hydrogen-bond acceptors (Lipinski definition) is 3. The van der Waals surface area contributed by atoms with Crippen LogP contribution in [0.2, 0.25) is 0 Å². The van der Waals surface area contributed by atoms with Crippen LogP contribution in [0.5, 0.6) is 5.75 Å². The van der Waals surface area contributed by atoms with Gasteiger partial charge in [0, 0.05) is 13.0 Å². The number of methoxy groups -OCH3 is 1. The van der Waals surface area contributed by atoms with Crippen LogP contribution < -0.4 is 15.4 Å². The quantitative estimate of drug-likeness (QED) is 0.727. The average Bonchev–Trinajstić information content (AvgIpc) is 2.67. The van der Waals surface area contributed by atoms with Crippen molar-refractivity contribution >= 4 is 11.8 Å². The van der Waals surface area contributed by atoms with E-state index >= 15 is 0 Å². The maximum Gasteiger partial charge on any atom is 0.224 e. The van der Waals surface area contributed by atoms with Gasteiger partial charge in [-0.1, -0.05) is 49.4 Å². The van der Waals surface area contributed by atoms with Crippen LogP contribution in [-0.4, -0.2) is 25.5 Å². The monoisotopic (exact) mass is 354 g/mol. The van der Waals surface area contributed by atoms with Gasteiger partial charge in [0.2, 0.25) is 11.8 Å². The maximum atomic E-state index is 12.2. The SMILES string of the molecule is CCC(NC(=O)CCNC(=O)Cc1ccccc1)c1ccc(OC)cc1. The molecule has 5 heteroatoms. The van der Waals surface area contributed by atoms with Gasteiger partial charge in [-0.3, -0.25) is 9.59 Å². The highest BCUT2D eigenvalue weighted by Gasteiger charge is 2.13. The molecule has 1 atom stereocenters. The van der Waals surface area contributed by atoms with Crippen molar-refractivity contribution in [3.05, 3.63) is 65.7 Å². The van der Waals surface area contributed by atoms with Gasteiger partial charge in [0.25, 0.3) is 0 Å². The second-order valence-corrected chi connectivity index (χ2v) is 6.06. The molecule has 0 radical (unpaired) electrons. The predicted octanol–water partition coefficient (Wildman–Crippen LogP) is 3.01. The van der Waals surface area contributed by atoms with Crippen molar-refractivity contribution in [3.63, 3.8) is 0 Å². The van der Waals surface area contributed by atoms with E-state index in [-0.39, 0.29) is 24.3 Å². The molecular weight excluding hydrogens is 328 g/mol. The topological polar surface area (TPSA) is 67.4 Å². The minimum absolute atomic E-state index is 0.0478. The molecule has 0 bridgehead atoms. The zero-order valence-electron chi connectivity index (χ0n) is 15.3. The first-order valence-electron chi connectivity index (χ1n) is 8.86. The van der Waals surface area contributed by atoms with E-state index in [1.54, 1.807) is 7.11 Å². The molecule has 26 heavy (non-hydrogen) atoms. The zero-order chi connectivity index (χ0) is 18.8. The summed E-state index contributed by atoms with van der Waals surface area (Å²) in [6.45, 7) is 2.35. The van der Waals surface area contributed by atoms with Crippen LogP contribution in [0.25, 0.3) is 0 Å². The summed E-state index contributed by atoms with van der Waals surface area (Å²) >= 11 is 0. The fourth-order valence-corrected chi connectivity index (χ4v) is 2.68. The van der Waals surface area contributed by atoms with Crippen molar-refractivity contribution in [3.8, 4) is 5.75 Å². The van der Waals surface area contributed by atoms with E-state index in [4.69, 9.17) is 4.74 Å². The molecule has 0 saturated heterocycles. The Morgan fingerprint density at radius 1 is 1.00 bits per heavy atom. The van der Waals surface area contributed by atoms with Gasteiger partial charge in [0.05, 0.1) is 19.6 Å². The lowest BCUT2D eigenvalue weighted by molar-refractivity contribution is -0.122. The van der Waals surface area contributed by atoms with Crippen LogP contribution in [0.1, 0.15) is 36.9 Å². The third kappa shape index (κ3) is 6.24. The predicted molar refractivity (Wildman–Crippen MR) is 102 cm³/mol. The van der Waals surface area contributed by atoms with Gasteiger partial charge in [-0.2, -0.15) is 0 Å². The van der Waals surface area contributed by atoms with Crippen LogP contribution in [0, 0.1) is 0 Å². The Bertz CT molecular complexity index is 699. The van der Waals surface area contributed by atoms with Crippen molar-refractivity contribution in [2.45, 2.75) is 32.2 Å². The number of carbonyl (C=O) groups is 2. The average molecular weight is 354 g/mol. The summed E-state index contributed by atoms with van der Waals surface area (Å²) in [6.07, 6.45) is 1.37. The molecule has 0 fully saturated rings. The Hall–Kier alpha value is -2.82. The van der Waals surface area contributed by atoms with Gasteiger partial charge in [0.15, 0.2) is 0 Å². The van der Waals surface area contributed by atoms with Crippen LogP contribution in [-0.2, 0) is 16.0 Å². The Morgan fingerprint density at radius 3 is 2.31 bits per heavy atom. The minimum Gasteiger partial charge on any atom is -0.497 e. The summed E-state index contributed by atoms with van der Waals surface area (Å²) in [5.74, 6) is 0.634. The Labute approximate surface area is 154 Å². The van der Waals surface area contributed by atoms with Gasteiger partial charge in [0.1, 0.15) is 5.75 Å². The van der Waals surface area contributed by atoms with E-state index in [0.717, 1.165) is 23.3 Å². The highest BCUT2D eigenvalue weighted by Crippen LogP contribution is 2.20. The molecule has 2 N–H and O–H groups in total. The Morgan fingerprint density at radius 2 is 1.69 bits per heavy atom. The first kappa shape index (κ1) is 19.5. The van der Waals surface area contributed by atoms with E-state index < -0.39 is 0 Å². The molecule has 0 aliphatic carbocycles. The molecule has 138 valence electrons. The lowest BCUT2D eigenvalue weighted by Crippen LogP contribution is -2.33. The lowest BCUT2D eigenvalue weighted by Gasteiger charge is -2.18. The van der Waals surface area contributed by atoms with Crippen molar-refractivity contribution < 1.29 is 14.3 Å². The summed E-state index contributed by atoms with van der Waals surface area (Å²) < 4.78 is 5.15. The molecule has 0 aliphatic rings. The van der Waals surface area contributed by atoms with E-state index in [1.807, 2.05) is 61.5 Å².